The number of rotatable bonds is 5. The van der Waals surface area contributed by atoms with Gasteiger partial charge in [-0.2, -0.15) is 11.8 Å². The minimum absolute atomic E-state index is 0.505. The van der Waals surface area contributed by atoms with Crippen molar-refractivity contribution in [1.29, 1.82) is 0 Å². The van der Waals surface area contributed by atoms with Crippen molar-refractivity contribution in [2.45, 2.75) is 19.8 Å². The molecule has 3 heteroatoms. The predicted octanol–water partition coefficient (Wildman–Crippen LogP) is 3.09. The average Bonchev–Trinajstić information content (AvgIpc) is 2.42. The zero-order valence-electron chi connectivity index (χ0n) is 11.1. The second kappa shape index (κ2) is 7.05. The highest BCUT2D eigenvalue weighted by Gasteiger charge is 2.23. The second-order valence-electron chi connectivity index (χ2n) is 5.02. The first-order valence-electron chi connectivity index (χ1n) is 6.77. The second-order valence-corrected chi connectivity index (χ2v) is 6.25. The molecule has 2 N–H and O–H groups in total. The molecule has 1 aliphatic heterocycles. The molecule has 1 heterocycles. The normalized spacial score (nSPS) is 18.6. The van der Waals surface area contributed by atoms with E-state index in [0.29, 0.717) is 5.92 Å². The zero-order valence-corrected chi connectivity index (χ0v) is 11.9. The van der Waals surface area contributed by atoms with Crippen molar-refractivity contribution in [2.75, 3.05) is 24.7 Å². The van der Waals surface area contributed by atoms with Crippen molar-refractivity contribution in [3.05, 3.63) is 29.8 Å². The third kappa shape index (κ3) is 3.66. The van der Waals surface area contributed by atoms with Crippen LogP contribution in [0.5, 0.6) is 5.75 Å². The third-order valence-electron chi connectivity index (χ3n) is 3.78. The monoisotopic (exact) mass is 265 g/mol. The van der Waals surface area contributed by atoms with Gasteiger partial charge in [-0.05, 0) is 55.4 Å². The van der Waals surface area contributed by atoms with E-state index < -0.39 is 0 Å². The lowest BCUT2D eigenvalue weighted by Crippen LogP contribution is -2.31. The van der Waals surface area contributed by atoms with E-state index in [1.165, 1.54) is 29.9 Å². The Labute approximate surface area is 114 Å². The Bertz CT molecular complexity index is 363. The molecular formula is C15H23NOS. The number of nitrogens with two attached hydrogens (primary N) is 1. The largest absolute Gasteiger partial charge is 0.493 e. The number of benzene rings is 1. The van der Waals surface area contributed by atoms with E-state index in [1.54, 1.807) is 0 Å². The SMILES string of the molecule is Cc1ccccc1OCC(CN)C1CCSCC1. The van der Waals surface area contributed by atoms with Gasteiger partial charge in [0.25, 0.3) is 0 Å². The standard InChI is InChI=1S/C15H23NOS/c1-12-4-2-3-5-15(12)17-11-14(10-16)13-6-8-18-9-7-13/h2-5,13-14H,6-11,16H2,1H3. The van der Waals surface area contributed by atoms with Gasteiger partial charge in [-0.25, -0.2) is 0 Å². The van der Waals surface area contributed by atoms with Crippen LogP contribution in [0.3, 0.4) is 0 Å². The minimum atomic E-state index is 0.505. The first-order valence-corrected chi connectivity index (χ1v) is 7.93. The van der Waals surface area contributed by atoms with E-state index in [0.717, 1.165) is 24.8 Å². The lowest BCUT2D eigenvalue weighted by molar-refractivity contribution is 0.190. The van der Waals surface area contributed by atoms with Crippen molar-refractivity contribution in [3.8, 4) is 5.75 Å². The smallest absolute Gasteiger partial charge is 0.122 e. The van der Waals surface area contributed by atoms with Crippen molar-refractivity contribution in [2.24, 2.45) is 17.6 Å². The Morgan fingerprint density at radius 2 is 2.06 bits per heavy atom. The van der Waals surface area contributed by atoms with Crippen LogP contribution in [-0.2, 0) is 0 Å². The molecule has 1 saturated heterocycles. The van der Waals surface area contributed by atoms with Crippen molar-refractivity contribution < 1.29 is 4.74 Å². The molecule has 1 aromatic carbocycles. The molecule has 18 heavy (non-hydrogen) atoms. The van der Waals surface area contributed by atoms with Crippen LogP contribution < -0.4 is 10.5 Å². The molecule has 0 aromatic heterocycles. The van der Waals surface area contributed by atoms with Gasteiger partial charge in [-0.15, -0.1) is 0 Å². The molecule has 2 nitrogen and oxygen atoms in total. The first kappa shape index (κ1) is 13.8. The average molecular weight is 265 g/mol. The van der Waals surface area contributed by atoms with Gasteiger partial charge in [0, 0.05) is 5.92 Å². The van der Waals surface area contributed by atoms with E-state index in [-0.39, 0.29) is 0 Å². The molecule has 0 saturated carbocycles. The van der Waals surface area contributed by atoms with Gasteiger partial charge < -0.3 is 10.5 Å². The summed E-state index contributed by atoms with van der Waals surface area (Å²) in [5.74, 6) is 4.82. The van der Waals surface area contributed by atoms with Gasteiger partial charge in [0.15, 0.2) is 0 Å². The number of ether oxygens (including phenoxy) is 1. The Kier molecular flexibility index (Phi) is 5.39. The lowest BCUT2D eigenvalue weighted by Gasteiger charge is -2.29. The van der Waals surface area contributed by atoms with Crippen molar-refractivity contribution in [3.63, 3.8) is 0 Å². The van der Waals surface area contributed by atoms with Crippen LogP contribution in [0.4, 0.5) is 0 Å². The topological polar surface area (TPSA) is 35.2 Å². The molecule has 0 amide bonds. The fourth-order valence-corrected chi connectivity index (χ4v) is 3.64. The molecule has 1 aromatic rings. The van der Waals surface area contributed by atoms with Crippen molar-refractivity contribution >= 4 is 11.8 Å². The quantitative estimate of drug-likeness (QED) is 0.888. The van der Waals surface area contributed by atoms with Crippen LogP contribution in [0, 0.1) is 18.8 Å². The van der Waals surface area contributed by atoms with Gasteiger partial charge in [0.2, 0.25) is 0 Å². The summed E-state index contributed by atoms with van der Waals surface area (Å²) >= 11 is 2.06. The van der Waals surface area contributed by atoms with E-state index in [2.05, 4.69) is 24.8 Å². The maximum Gasteiger partial charge on any atom is 0.122 e. The predicted molar refractivity (Wildman–Crippen MR) is 79.3 cm³/mol. The summed E-state index contributed by atoms with van der Waals surface area (Å²) in [5, 5.41) is 0. The Balaban J connectivity index is 1.88. The summed E-state index contributed by atoms with van der Waals surface area (Å²) in [7, 11) is 0. The highest BCUT2D eigenvalue weighted by Crippen LogP contribution is 2.29. The highest BCUT2D eigenvalue weighted by molar-refractivity contribution is 7.99. The van der Waals surface area contributed by atoms with Crippen LogP contribution in [-0.4, -0.2) is 24.7 Å². The molecule has 1 fully saturated rings. The molecule has 0 aliphatic carbocycles. The molecule has 1 atom stereocenters. The molecule has 1 aliphatic rings. The summed E-state index contributed by atoms with van der Waals surface area (Å²) in [6, 6.07) is 8.20. The fourth-order valence-electron chi connectivity index (χ4n) is 2.50. The summed E-state index contributed by atoms with van der Waals surface area (Å²) in [5.41, 5.74) is 7.12. The number of aryl methyl sites for hydroxylation is 1. The van der Waals surface area contributed by atoms with E-state index in [9.17, 15) is 0 Å². The zero-order chi connectivity index (χ0) is 12.8. The number of hydrogen-bond donors (Lipinski definition) is 1. The van der Waals surface area contributed by atoms with Gasteiger partial charge in [0.1, 0.15) is 5.75 Å². The molecule has 1 unspecified atom stereocenters. The van der Waals surface area contributed by atoms with E-state index in [4.69, 9.17) is 10.5 Å². The number of para-hydroxylation sites is 1. The van der Waals surface area contributed by atoms with Crippen LogP contribution in [0.2, 0.25) is 0 Å². The Hall–Kier alpha value is -0.670. The summed E-state index contributed by atoms with van der Waals surface area (Å²) in [6.07, 6.45) is 2.59. The van der Waals surface area contributed by atoms with Gasteiger partial charge in [-0.3, -0.25) is 0 Å². The van der Waals surface area contributed by atoms with Crippen molar-refractivity contribution in [1.82, 2.24) is 0 Å². The molecular weight excluding hydrogens is 242 g/mol. The molecule has 2 rings (SSSR count). The minimum Gasteiger partial charge on any atom is -0.493 e. The Morgan fingerprint density at radius 3 is 2.72 bits per heavy atom. The molecule has 100 valence electrons. The molecule has 0 spiro atoms. The summed E-state index contributed by atoms with van der Waals surface area (Å²) < 4.78 is 5.96. The number of hydrogen-bond acceptors (Lipinski definition) is 3. The van der Waals surface area contributed by atoms with Crippen LogP contribution in [0.1, 0.15) is 18.4 Å². The van der Waals surface area contributed by atoms with Crippen LogP contribution in [0.25, 0.3) is 0 Å². The van der Waals surface area contributed by atoms with Gasteiger partial charge in [-0.1, -0.05) is 18.2 Å². The summed E-state index contributed by atoms with van der Waals surface area (Å²) in [4.78, 5) is 0. The molecule has 0 bridgehead atoms. The number of thioether (sulfide) groups is 1. The van der Waals surface area contributed by atoms with Gasteiger partial charge >= 0.3 is 0 Å². The lowest BCUT2D eigenvalue weighted by atomic mass is 9.88. The van der Waals surface area contributed by atoms with Crippen LogP contribution in [0.15, 0.2) is 24.3 Å². The third-order valence-corrected chi connectivity index (χ3v) is 4.83. The maximum absolute atomic E-state index is 5.96. The maximum atomic E-state index is 5.96. The van der Waals surface area contributed by atoms with E-state index >= 15 is 0 Å². The molecule has 0 radical (unpaired) electrons. The summed E-state index contributed by atoms with van der Waals surface area (Å²) in [6.45, 7) is 3.59. The fraction of sp³-hybridized carbons (Fsp3) is 0.600. The van der Waals surface area contributed by atoms with E-state index in [1.807, 2.05) is 18.2 Å². The highest BCUT2D eigenvalue weighted by atomic mass is 32.2. The Morgan fingerprint density at radius 1 is 1.33 bits per heavy atom. The van der Waals surface area contributed by atoms with Crippen LogP contribution >= 0.6 is 11.8 Å². The van der Waals surface area contributed by atoms with Gasteiger partial charge in [0.05, 0.1) is 6.61 Å². The first-order chi connectivity index (χ1) is 8.81.